The Labute approximate surface area is 104 Å². The Morgan fingerprint density at radius 1 is 1.41 bits per heavy atom. The number of pyridine rings is 1. The standard InChI is InChI=1S/C14H23N3/c1-11-7-8-17(12(2)9-11)14-6-4-5-13(16-14)10-15-3/h4-6,11-12,15H,7-10H2,1-3H3. The highest BCUT2D eigenvalue weighted by atomic mass is 15.2. The van der Waals surface area contributed by atoms with Crippen molar-refractivity contribution in [2.45, 2.75) is 39.3 Å². The maximum absolute atomic E-state index is 4.73. The molecule has 0 aromatic carbocycles. The fourth-order valence-electron chi connectivity index (χ4n) is 2.65. The minimum Gasteiger partial charge on any atom is -0.354 e. The number of nitrogens with zero attached hydrogens (tertiary/aromatic N) is 2. The van der Waals surface area contributed by atoms with Gasteiger partial charge in [0.1, 0.15) is 5.82 Å². The molecule has 1 saturated heterocycles. The highest BCUT2D eigenvalue weighted by Gasteiger charge is 2.23. The average Bonchev–Trinajstić information content (AvgIpc) is 2.29. The van der Waals surface area contributed by atoms with Crippen LogP contribution in [0.4, 0.5) is 5.82 Å². The van der Waals surface area contributed by atoms with Gasteiger partial charge in [0.05, 0.1) is 5.69 Å². The number of piperidine rings is 1. The van der Waals surface area contributed by atoms with Crippen molar-refractivity contribution in [1.82, 2.24) is 10.3 Å². The Balaban J connectivity index is 2.13. The molecule has 0 aliphatic carbocycles. The third-order valence-electron chi connectivity index (χ3n) is 3.58. The molecule has 0 bridgehead atoms. The van der Waals surface area contributed by atoms with Crippen molar-refractivity contribution in [2.24, 2.45) is 5.92 Å². The first-order valence-electron chi connectivity index (χ1n) is 6.58. The van der Waals surface area contributed by atoms with Gasteiger partial charge in [0.15, 0.2) is 0 Å². The van der Waals surface area contributed by atoms with Crippen LogP contribution in [0.25, 0.3) is 0 Å². The van der Waals surface area contributed by atoms with Gasteiger partial charge in [-0.05, 0) is 44.9 Å². The largest absolute Gasteiger partial charge is 0.354 e. The topological polar surface area (TPSA) is 28.2 Å². The second-order valence-corrected chi connectivity index (χ2v) is 5.19. The molecular formula is C14H23N3. The molecule has 3 nitrogen and oxygen atoms in total. The number of hydrogen-bond donors (Lipinski definition) is 1. The summed E-state index contributed by atoms with van der Waals surface area (Å²) in [7, 11) is 1.96. The monoisotopic (exact) mass is 233 g/mol. The maximum atomic E-state index is 4.73. The second kappa shape index (κ2) is 5.50. The van der Waals surface area contributed by atoms with Crippen molar-refractivity contribution in [1.29, 1.82) is 0 Å². The van der Waals surface area contributed by atoms with E-state index in [-0.39, 0.29) is 0 Å². The molecule has 1 aliphatic rings. The van der Waals surface area contributed by atoms with Gasteiger partial charge >= 0.3 is 0 Å². The number of anilines is 1. The predicted molar refractivity (Wildman–Crippen MR) is 72.2 cm³/mol. The molecule has 94 valence electrons. The van der Waals surface area contributed by atoms with Crippen LogP contribution in [-0.2, 0) is 6.54 Å². The molecule has 2 rings (SSSR count). The molecule has 1 aromatic heterocycles. The summed E-state index contributed by atoms with van der Waals surface area (Å²) in [6.45, 7) is 6.63. The van der Waals surface area contributed by atoms with Crippen molar-refractivity contribution in [2.75, 3.05) is 18.5 Å². The van der Waals surface area contributed by atoms with E-state index in [1.165, 1.54) is 12.8 Å². The van der Waals surface area contributed by atoms with E-state index in [4.69, 9.17) is 4.98 Å². The van der Waals surface area contributed by atoms with Crippen molar-refractivity contribution in [3.8, 4) is 0 Å². The van der Waals surface area contributed by atoms with E-state index in [9.17, 15) is 0 Å². The zero-order valence-corrected chi connectivity index (χ0v) is 11.1. The highest BCUT2D eigenvalue weighted by molar-refractivity contribution is 5.41. The van der Waals surface area contributed by atoms with Crippen LogP contribution >= 0.6 is 0 Å². The van der Waals surface area contributed by atoms with E-state index in [0.717, 1.165) is 30.5 Å². The van der Waals surface area contributed by atoms with Gasteiger partial charge in [-0.25, -0.2) is 4.98 Å². The number of nitrogens with one attached hydrogen (secondary N) is 1. The summed E-state index contributed by atoms with van der Waals surface area (Å²) in [5, 5.41) is 3.15. The Morgan fingerprint density at radius 2 is 2.24 bits per heavy atom. The minimum atomic E-state index is 0.607. The van der Waals surface area contributed by atoms with Crippen LogP contribution in [0.3, 0.4) is 0 Å². The first-order chi connectivity index (χ1) is 8.20. The van der Waals surface area contributed by atoms with Crippen LogP contribution < -0.4 is 10.2 Å². The van der Waals surface area contributed by atoms with Gasteiger partial charge < -0.3 is 10.2 Å². The molecule has 1 aliphatic heterocycles. The van der Waals surface area contributed by atoms with Gasteiger partial charge in [-0.15, -0.1) is 0 Å². The van der Waals surface area contributed by atoms with E-state index >= 15 is 0 Å². The number of aromatic nitrogens is 1. The molecule has 3 heteroatoms. The molecule has 17 heavy (non-hydrogen) atoms. The van der Waals surface area contributed by atoms with Crippen LogP contribution in [0.15, 0.2) is 18.2 Å². The first-order valence-corrected chi connectivity index (χ1v) is 6.58. The zero-order chi connectivity index (χ0) is 12.3. The molecular weight excluding hydrogens is 210 g/mol. The van der Waals surface area contributed by atoms with E-state index in [1.807, 2.05) is 7.05 Å². The zero-order valence-electron chi connectivity index (χ0n) is 11.1. The lowest BCUT2D eigenvalue weighted by molar-refractivity contribution is 0.376. The fraction of sp³-hybridized carbons (Fsp3) is 0.643. The molecule has 2 atom stereocenters. The van der Waals surface area contributed by atoms with E-state index < -0.39 is 0 Å². The van der Waals surface area contributed by atoms with Gasteiger partial charge in [0.25, 0.3) is 0 Å². The summed E-state index contributed by atoms with van der Waals surface area (Å²) < 4.78 is 0. The number of rotatable bonds is 3. The normalized spacial score (nSPS) is 25.0. The third-order valence-corrected chi connectivity index (χ3v) is 3.58. The molecule has 2 heterocycles. The summed E-state index contributed by atoms with van der Waals surface area (Å²) in [4.78, 5) is 7.17. The summed E-state index contributed by atoms with van der Waals surface area (Å²) in [5.74, 6) is 1.99. The SMILES string of the molecule is CNCc1cccc(N2CCC(C)CC2C)n1. The smallest absolute Gasteiger partial charge is 0.129 e. The van der Waals surface area contributed by atoms with Gasteiger partial charge in [-0.2, -0.15) is 0 Å². The van der Waals surface area contributed by atoms with E-state index in [1.54, 1.807) is 0 Å². The molecule has 0 saturated carbocycles. The fourth-order valence-corrected chi connectivity index (χ4v) is 2.65. The predicted octanol–water partition coefficient (Wildman–Crippen LogP) is 2.43. The van der Waals surface area contributed by atoms with Gasteiger partial charge in [0.2, 0.25) is 0 Å². The molecule has 0 spiro atoms. The average molecular weight is 233 g/mol. The summed E-state index contributed by atoms with van der Waals surface area (Å²) in [6.07, 6.45) is 2.56. The molecule has 1 aromatic rings. The lowest BCUT2D eigenvalue weighted by Crippen LogP contribution is -2.40. The summed E-state index contributed by atoms with van der Waals surface area (Å²) >= 11 is 0. The Morgan fingerprint density at radius 3 is 2.94 bits per heavy atom. The van der Waals surface area contributed by atoms with Crippen LogP contribution in [-0.4, -0.2) is 24.6 Å². The molecule has 0 radical (unpaired) electrons. The molecule has 1 N–H and O–H groups in total. The molecule has 1 fully saturated rings. The highest BCUT2D eigenvalue weighted by Crippen LogP contribution is 2.26. The Hall–Kier alpha value is -1.09. The van der Waals surface area contributed by atoms with E-state index in [2.05, 4.69) is 42.3 Å². The number of hydrogen-bond acceptors (Lipinski definition) is 3. The van der Waals surface area contributed by atoms with Crippen molar-refractivity contribution in [3.63, 3.8) is 0 Å². The van der Waals surface area contributed by atoms with Gasteiger partial charge in [-0.3, -0.25) is 0 Å². The lowest BCUT2D eigenvalue weighted by Gasteiger charge is -2.37. The first kappa shape index (κ1) is 12.4. The summed E-state index contributed by atoms with van der Waals surface area (Å²) in [6, 6.07) is 6.93. The van der Waals surface area contributed by atoms with Gasteiger partial charge in [0, 0.05) is 19.1 Å². The third kappa shape index (κ3) is 2.97. The molecule has 2 unspecified atom stereocenters. The van der Waals surface area contributed by atoms with Crippen LogP contribution in [0.2, 0.25) is 0 Å². The lowest BCUT2D eigenvalue weighted by atomic mass is 9.93. The van der Waals surface area contributed by atoms with Crippen LogP contribution in [0.1, 0.15) is 32.4 Å². The van der Waals surface area contributed by atoms with Crippen molar-refractivity contribution >= 4 is 5.82 Å². The quantitative estimate of drug-likeness (QED) is 0.869. The van der Waals surface area contributed by atoms with E-state index in [0.29, 0.717) is 6.04 Å². The Bertz CT molecular complexity index is 364. The summed E-state index contributed by atoms with van der Waals surface area (Å²) in [5.41, 5.74) is 1.12. The van der Waals surface area contributed by atoms with Crippen LogP contribution in [0, 0.1) is 5.92 Å². The van der Waals surface area contributed by atoms with Gasteiger partial charge in [-0.1, -0.05) is 13.0 Å². The van der Waals surface area contributed by atoms with Crippen LogP contribution in [0.5, 0.6) is 0 Å². The maximum Gasteiger partial charge on any atom is 0.129 e. The Kier molecular flexibility index (Phi) is 4.00. The van der Waals surface area contributed by atoms with Crippen molar-refractivity contribution in [3.05, 3.63) is 23.9 Å². The second-order valence-electron chi connectivity index (χ2n) is 5.19. The minimum absolute atomic E-state index is 0.607. The molecule has 0 amide bonds. The van der Waals surface area contributed by atoms with Crippen molar-refractivity contribution < 1.29 is 0 Å².